The van der Waals surface area contributed by atoms with Gasteiger partial charge in [-0.3, -0.25) is 0 Å². The van der Waals surface area contributed by atoms with Gasteiger partial charge in [-0.2, -0.15) is 5.10 Å². The van der Waals surface area contributed by atoms with E-state index >= 15 is 0 Å². The smallest absolute Gasteiger partial charge is 0.0949 e. The van der Waals surface area contributed by atoms with Crippen molar-refractivity contribution < 1.29 is 4.74 Å². The van der Waals surface area contributed by atoms with E-state index in [1.165, 1.54) is 11.1 Å². The maximum Gasteiger partial charge on any atom is 0.0949 e. The maximum absolute atomic E-state index is 5.73. The summed E-state index contributed by atoms with van der Waals surface area (Å²) in [7, 11) is 0. The number of morpholine rings is 1. The van der Waals surface area contributed by atoms with Crippen LogP contribution in [0.3, 0.4) is 0 Å². The topological polar surface area (TPSA) is 39.1 Å². The number of nitrogens with one attached hydrogen (secondary N) is 1. The number of hydrogen-bond acceptors (Lipinski definition) is 3. The number of benzene rings is 1. The normalized spacial score (nSPS) is 19.9. The molecule has 1 N–H and O–H groups in total. The summed E-state index contributed by atoms with van der Waals surface area (Å²) in [6.45, 7) is 4.66. The lowest BCUT2D eigenvalue weighted by Gasteiger charge is -2.24. The monoisotopic (exact) mass is 243 g/mol. The van der Waals surface area contributed by atoms with Gasteiger partial charge in [0.15, 0.2) is 0 Å². The fourth-order valence-corrected chi connectivity index (χ4v) is 2.18. The molecule has 0 bridgehead atoms. The van der Waals surface area contributed by atoms with Crippen molar-refractivity contribution in [2.24, 2.45) is 0 Å². The summed E-state index contributed by atoms with van der Waals surface area (Å²) in [5.74, 6) is 0. The average molecular weight is 243 g/mol. The van der Waals surface area contributed by atoms with Gasteiger partial charge in [-0.1, -0.05) is 12.1 Å². The van der Waals surface area contributed by atoms with Crippen molar-refractivity contribution in [1.82, 2.24) is 15.1 Å². The van der Waals surface area contributed by atoms with Gasteiger partial charge in [0.05, 0.1) is 24.6 Å². The second-order valence-corrected chi connectivity index (χ2v) is 4.62. The van der Waals surface area contributed by atoms with E-state index in [-0.39, 0.29) is 6.10 Å². The number of ether oxygens (including phenoxy) is 1. The molecule has 1 aliphatic rings. The molecule has 1 unspecified atom stereocenters. The van der Waals surface area contributed by atoms with Crippen LogP contribution in [0, 0.1) is 6.92 Å². The van der Waals surface area contributed by atoms with Crippen molar-refractivity contribution in [3.8, 4) is 5.69 Å². The minimum Gasteiger partial charge on any atom is -0.371 e. The Labute approximate surface area is 107 Å². The van der Waals surface area contributed by atoms with Crippen LogP contribution in [-0.4, -0.2) is 29.5 Å². The Morgan fingerprint density at radius 1 is 1.33 bits per heavy atom. The van der Waals surface area contributed by atoms with Crippen molar-refractivity contribution in [2.75, 3.05) is 19.7 Å². The second-order valence-electron chi connectivity index (χ2n) is 4.62. The molecule has 1 saturated heterocycles. The third-order valence-electron chi connectivity index (χ3n) is 3.17. The van der Waals surface area contributed by atoms with E-state index in [1.807, 2.05) is 24.0 Å². The summed E-state index contributed by atoms with van der Waals surface area (Å²) in [6, 6.07) is 8.40. The van der Waals surface area contributed by atoms with E-state index < -0.39 is 0 Å². The van der Waals surface area contributed by atoms with Crippen LogP contribution >= 0.6 is 0 Å². The van der Waals surface area contributed by atoms with E-state index in [0.29, 0.717) is 0 Å². The van der Waals surface area contributed by atoms with Crippen molar-refractivity contribution in [3.05, 3.63) is 47.8 Å². The summed E-state index contributed by atoms with van der Waals surface area (Å²) in [5, 5.41) is 7.64. The van der Waals surface area contributed by atoms with E-state index in [4.69, 9.17) is 4.74 Å². The first kappa shape index (κ1) is 11.4. The molecule has 4 nitrogen and oxygen atoms in total. The molecule has 0 aliphatic carbocycles. The number of nitrogens with zero attached hydrogens (tertiary/aromatic N) is 2. The third-order valence-corrected chi connectivity index (χ3v) is 3.17. The Kier molecular flexibility index (Phi) is 3.13. The van der Waals surface area contributed by atoms with Gasteiger partial charge in [0.2, 0.25) is 0 Å². The lowest BCUT2D eigenvalue weighted by Crippen LogP contribution is -2.33. The zero-order valence-electron chi connectivity index (χ0n) is 10.5. The fraction of sp³-hybridized carbons (Fsp3) is 0.357. The number of aryl methyl sites for hydroxylation is 1. The minimum absolute atomic E-state index is 0.173. The Balaban J connectivity index is 1.80. The Morgan fingerprint density at radius 3 is 2.78 bits per heavy atom. The van der Waals surface area contributed by atoms with Gasteiger partial charge in [0.25, 0.3) is 0 Å². The molecule has 0 saturated carbocycles. The zero-order chi connectivity index (χ0) is 12.4. The SMILES string of the molecule is Cc1cnn(-c2ccc(C3CNCCO3)cc2)c1. The zero-order valence-corrected chi connectivity index (χ0v) is 10.5. The van der Waals surface area contributed by atoms with Gasteiger partial charge < -0.3 is 10.1 Å². The lowest BCUT2D eigenvalue weighted by atomic mass is 10.1. The summed E-state index contributed by atoms with van der Waals surface area (Å²) < 4.78 is 7.62. The Bertz CT molecular complexity index is 512. The highest BCUT2D eigenvalue weighted by Gasteiger charge is 2.15. The van der Waals surface area contributed by atoms with Gasteiger partial charge in [-0.05, 0) is 30.2 Å². The predicted octanol–water partition coefficient (Wildman–Crippen LogP) is 1.84. The Morgan fingerprint density at radius 2 is 2.17 bits per heavy atom. The molecule has 2 heterocycles. The first-order valence-corrected chi connectivity index (χ1v) is 6.27. The molecular formula is C14H17N3O. The van der Waals surface area contributed by atoms with Gasteiger partial charge in [-0.15, -0.1) is 0 Å². The standard InChI is InChI=1S/C14H17N3O/c1-11-8-16-17(10-11)13-4-2-12(3-5-13)14-9-15-6-7-18-14/h2-5,8,10,14-15H,6-7,9H2,1H3. The van der Waals surface area contributed by atoms with Crippen LogP contribution in [-0.2, 0) is 4.74 Å². The van der Waals surface area contributed by atoms with E-state index in [2.05, 4.69) is 34.7 Å². The molecule has 1 aromatic carbocycles. The molecule has 3 rings (SSSR count). The van der Waals surface area contributed by atoms with E-state index in [1.54, 1.807) is 0 Å². The molecule has 2 aromatic rings. The van der Waals surface area contributed by atoms with Crippen LogP contribution in [0.25, 0.3) is 5.69 Å². The molecule has 18 heavy (non-hydrogen) atoms. The van der Waals surface area contributed by atoms with Crippen molar-refractivity contribution in [2.45, 2.75) is 13.0 Å². The molecule has 0 radical (unpaired) electrons. The maximum atomic E-state index is 5.73. The molecule has 1 atom stereocenters. The van der Waals surface area contributed by atoms with Crippen molar-refractivity contribution in [1.29, 1.82) is 0 Å². The van der Waals surface area contributed by atoms with Gasteiger partial charge in [0, 0.05) is 19.3 Å². The summed E-state index contributed by atoms with van der Waals surface area (Å²) in [5.41, 5.74) is 3.46. The second kappa shape index (κ2) is 4.92. The highest BCUT2D eigenvalue weighted by Crippen LogP contribution is 2.20. The van der Waals surface area contributed by atoms with Crippen molar-refractivity contribution in [3.63, 3.8) is 0 Å². The summed E-state index contributed by atoms with van der Waals surface area (Å²) >= 11 is 0. The third kappa shape index (κ3) is 2.30. The number of rotatable bonds is 2. The van der Waals surface area contributed by atoms with Crippen LogP contribution in [0.15, 0.2) is 36.7 Å². The van der Waals surface area contributed by atoms with Crippen LogP contribution in [0.5, 0.6) is 0 Å². The average Bonchev–Trinajstić information content (AvgIpc) is 2.87. The van der Waals surface area contributed by atoms with Gasteiger partial charge >= 0.3 is 0 Å². The fourth-order valence-electron chi connectivity index (χ4n) is 2.18. The van der Waals surface area contributed by atoms with Crippen LogP contribution in [0.2, 0.25) is 0 Å². The highest BCUT2D eigenvalue weighted by atomic mass is 16.5. The molecule has 0 spiro atoms. The predicted molar refractivity (Wildman–Crippen MR) is 69.9 cm³/mol. The van der Waals surface area contributed by atoms with Gasteiger partial charge in [0.1, 0.15) is 0 Å². The summed E-state index contributed by atoms with van der Waals surface area (Å²) in [6.07, 6.45) is 4.06. The molecule has 1 fully saturated rings. The van der Waals surface area contributed by atoms with E-state index in [0.717, 1.165) is 25.4 Å². The first-order valence-electron chi connectivity index (χ1n) is 6.27. The molecule has 4 heteroatoms. The molecule has 1 aromatic heterocycles. The summed E-state index contributed by atoms with van der Waals surface area (Å²) in [4.78, 5) is 0. The van der Waals surface area contributed by atoms with Crippen LogP contribution in [0.4, 0.5) is 0 Å². The molecule has 94 valence electrons. The number of hydrogen-bond donors (Lipinski definition) is 1. The highest BCUT2D eigenvalue weighted by molar-refractivity contribution is 5.35. The largest absolute Gasteiger partial charge is 0.371 e. The van der Waals surface area contributed by atoms with Crippen LogP contribution < -0.4 is 5.32 Å². The Hall–Kier alpha value is -1.65. The molecular weight excluding hydrogens is 226 g/mol. The van der Waals surface area contributed by atoms with E-state index in [9.17, 15) is 0 Å². The lowest BCUT2D eigenvalue weighted by molar-refractivity contribution is 0.0277. The van der Waals surface area contributed by atoms with Gasteiger partial charge in [-0.25, -0.2) is 4.68 Å². The number of aromatic nitrogens is 2. The molecule has 0 amide bonds. The quantitative estimate of drug-likeness (QED) is 0.874. The van der Waals surface area contributed by atoms with Crippen molar-refractivity contribution >= 4 is 0 Å². The first-order chi connectivity index (χ1) is 8.83. The van der Waals surface area contributed by atoms with Crippen LogP contribution in [0.1, 0.15) is 17.2 Å². The molecule has 1 aliphatic heterocycles. The minimum atomic E-state index is 0.173.